The van der Waals surface area contributed by atoms with Gasteiger partial charge in [0.2, 0.25) is 5.91 Å². The monoisotopic (exact) mass is 518 g/mol. The Labute approximate surface area is 232 Å². The van der Waals surface area contributed by atoms with Gasteiger partial charge in [0, 0.05) is 18.0 Å². The maximum atomic E-state index is 13.7. The molecule has 0 saturated heterocycles. The smallest absolute Gasteiger partial charge is 0.229 e. The molecule has 200 valence electrons. The molecule has 1 amide bonds. The van der Waals surface area contributed by atoms with E-state index in [9.17, 15) is 4.79 Å². The van der Waals surface area contributed by atoms with Crippen molar-refractivity contribution in [3.8, 4) is 16.9 Å². The standard InChI is InChI=1S/C35H38N2O2/c1-8-9-24(2)28-14-16-31-30(21-28)18-19-36-34(31)37(33(38)22-35(4,5)6)23-26-10-12-27(13-11-26)29-15-17-32(39-7)25(3)20-29/h8-21H,2,22-23H2,1,3-7H3/b9-8-. The van der Waals surface area contributed by atoms with Crippen LogP contribution in [0.4, 0.5) is 5.82 Å². The predicted octanol–water partition coefficient (Wildman–Crippen LogP) is 8.78. The molecule has 0 atom stereocenters. The highest BCUT2D eigenvalue weighted by atomic mass is 16.5. The number of benzene rings is 3. The third kappa shape index (κ3) is 6.64. The molecule has 4 nitrogen and oxygen atoms in total. The van der Waals surface area contributed by atoms with Crippen LogP contribution in [0.15, 0.2) is 91.7 Å². The van der Waals surface area contributed by atoms with E-state index in [-0.39, 0.29) is 11.3 Å². The number of hydrogen-bond donors (Lipinski definition) is 0. The zero-order chi connectivity index (χ0) is 28.2. The lowest BCUT2D eigenvalue weighted by molar-refractivity contribution is -0.120. The minimum absolute atomic E-state index is 0.0553. The summed E-state index contributed by atoms with van der Waals surface area (Å²) in [6.45, 7) is 14.9. The van der Waals surface area contributed by atoms with E-state index in [0.29, 0.717) is 18.8 Å². The Morgan fingerprint density at radius 1 is 1.00 bits per heavy atom. The van der Waals surface area contributed by atoms with E-state index in [4.69, 9.17) is 9.72 Å². The molecule has 0 unspecified atom stereocenters. The highest BCUT2D eigenvalue weighted by Gasteiger charge is 2.25. The highest BCUT2D eigenvalue weighted by molar-refractivity contribution is 6.03. The van der Waals surface area contributed by atoms with Crippen molar-refractivity contribution in [2.45, 2.75) is 47.6 Å². The number of nitrogens with zero attached hydrogens (tertiary/aromatic N) is 2. The summed E-state index contributed by atoms with van der Waals surface area (Å²) in [6.07, 6.45) is 6.19. The first kappa shape index (κ1) is 27.8. The van der Waals surface area contributed by atoms with Crippen LogP contribution in [0, 0.1) is 12.3 Å². The number of aromatic nitrogens is 1. The van der Waals surface area contributed by atoms with Crippen LogP contribution in [0.5, 0.6) is 5.75 Å². The van der Waals surface area contributed by atoms with Crippen molar-refractivity contribution in [2.24, 2.45) is 5.41 Å². The lowest BCUT2D eigenvalue weighted by atomic mass is 9.91. The molecule has 0 bridgehead atoms. The van der Waals surface area contributed by atoms with Gasteiger partial charge in [0.05, 0.1) is 13.7 Å². The summed E-state index contributed by atoms with van der Waals surface area (Å²) < 4.78 is 5.41. The number of fused-ring (bicyclic) bond motifs is 1. The van der Waals surface area contributed by atoms with Gasteiger partial charge in [0.1, 0.15) is 11.6 Å². The van der Waals surface area contributed by atoms with Crippen LogP contribution in [0.3, 0.4) is 0 Å². The van der Waals surface area contributed by atoms with Crippen LogP contribution in [0.25, 0.3) is 27.5 Å². The van der Waals surface area contributed by atoms with Gasteiger partial charge in [-0.3, -0.25) is 9.69 Å². The fourth-order valence-corrected chi connectivity index (χ4v) is 4.75. The summed E-state index contributed by atoms with van der Waals surface area (Å²) in [4.78, 5) is 20.3. The van der Waals surface area contributed by atoms with Crippen LogP contribution in [0.2, 0.25) is 0 Å². The largest absolute Gasteiger partial charge is 0.496 e. The molecule has 39 heavy (non-hydrogen) atoms. The second kappa shape index (κ2) is 11.7. The lowest BCUT2D eigenvalue weighted by Crippen LogP contribution is -2.34. The van der Waals surface area contributed by atoms with Gasteiger partial charge < -0.3 is 4.74 Å². The van der Waals surface area contributed by atoms with E-state index >= 15 is 0 Å². The zero-order valence-corrected chi connectivity index (χ0v) is 23.9. The van der Waals surface area contributed by atoms with E-state index in [1.54, 1.807) is 13.3 Å². The first-order valence-electron chi connectivity index (χ1n) is 13.3. The van der Waals surface area contributed by atoms with Crippen LogP contribution in [-0.2, 0) is 11.3 Å². The molecule has 0 aliphatic carbocycles. The molecule has 0 spiro atoms. The average Bonchev–Trinajstić information content (AvgIpc) is 2.90. The number of carbonyl (C=O) groups excluding carboxylic acids is 1. The molecular formula is C35H38N2O2. The number of pyridine rings is 1. The minimum Gasteiger partial charge on any atom is -0.496 e. The number of aryl methyl sites for hydroxylation is 1. The maximum Gasteiger partial charge on any atom is 0.229 e. The topological polar surface area (TPSA) is 42.4 Å². The second-order valence-corrected chi connectivity index (χ2v) is 11.2. The first-order valence-corrected chi connectivity index (χ1v) is 13.3. The second-order valence-electron chi connectivity index (χ2n) is 11.2. The Hall–Kier alpha value is -4.18. The fourth-order valence-electron chi connectivity index (χ4n) is 4.75. The van der Waals surface area contributed by atoms with Crippen LogP contribution in [-0.4, -0.2) is 18.0 Å². The van der Waals surface area contributed by atoms with Crippen molar-refractivity contribution in [1.82, 2.24) is 4.98 Å². The summed E-state index contributed by atoms with van der Waals surface area (Å²) in [5.74, 6) is 1.61. The summed E-state index contributed by atoms with van der Waals surface area (Å²) in [5.41, 5.74) is 6.24. The Morgan fingerprint density at radius 2 is 1.72 bits per heavy atom. The Balaban J connectivity index is 1.70. The number of carbonyl (C=O) groups is 1. The molecule has 3 aromatic carbocycles. The van der Waals surface area contributed by atoms with Gasteiger partial charge in [0.25, 0.3) is 0 Å². The van der Waals surface area contributed by atoms with Crippen LogP contribution in [0.1, 0.15) is 50.8 Å². The Kier molecular flexibility index (Phi) is 8.35. The Bertz CT molecular complexity index is 1530. The number of allylic oxidation sites excluding steroid dienone is 3. The third-order valence-corrected chi connectivity index (χ3v) is 6.74. The summed E-state index contributed by atoms with van der Waals surface area (Å²) in [7, 11) is 1.69. The van der Waals surface area contributed by atoms with Gasteiger partial charge in [0.15, 0.2) is 0 Å². The zero-order valence-electron chi connectivity index (χ0n) is 23.9. The van der Waals surface area contributed by atoms with Crippen molar-refractivity contribution >= 4 is 28.1 Å². The van der Waals surface area contributed by atoms with Gasteiger partial charge in [-0.25, -0.2) is 4.98 Å². The molecule has 4 rings (SSSR count). The van der Waals surface area contributed by atoms with Crippen molar-refractivity contribution in [3.05, 3.63) is 108 Å². The number of rotatable bonds is 8. The molecule has 0 fully saturated rings. The van der Waals surface area contributed by atoms with E-state index in [2.05, 4.69) is 69.8 Å². The molecule has 0 N–H and O–H groups in total. The van der Waals surface area contributed by atoms with E-state index in [0.717, 1.165) is 49.9 Å². The molecular weight excluding hydrogens is 480 g/mol. The summed E-state index contributed by atoms with van der Waals surface area (Å²) in [5, 5.41) is 1.98. The normalized spacial score (nSPS) is 11.6. The van der Waals surface area contributed by atoms with E-state index in [1.165, 1.54) is 0 Å². The van der Waals surface area contributed by atoms with E-state index < -0.39 is 0 Å². The number of amides is 1. The van der Waals surface area contributed by atoms with Gasteiger partial charge in [-0.15, -0.1) is 0 Å². The minimum atomic E-state index is -0.145. The third-order valence-electron chi connectivity index (χ3n) is 6.74. The predicted molar refractivity (Wildman–Crippen MR) is 164 cm³/mol. The molecule has 1 heterocycles. The molecule has 0 aliphatic rings. The quantitative estimate of drug-likeness (QED) is 0.219. The molecule has 0 aliphatic heterocycles. The summed E-state index contributed by atoms with van der Waals surface area (Å²) >= 11 is 0. The number of ether oxygens (including phenoxy) is 1. The maximum absolute atomic E-state index is 13.7. The van der Waals surface area contributed by atoms with Crippen LogP contribution < -0.4 is 9.64 Å². The first-order chi connectivity index (χ1) is 18.6. The van der Waals surface area contributed by atoms with Gasteiger partial charge in [-0.1, -0.05) is 82.0 Å². The highest BCUT2D eigenvalue weighted by Crippen LogP contribution is 2.32. The number of methoxy groups -OCH3 is 1. The van der Waals surface area contributed by atoms with Crippen molar-refractivity contribution < 1.29 is 9.53 Å². The van der Waals surface area contributed by atoms with Crippen molar-refractivity contribution in [2.75, 3.05) is 12.0 Å². The molecule has 4 heteroatoms. The average molecular weight is 519 g/mol. The molecule has 1 aromatic heterocycles. The lowest BCUT2D eigenvalue weighted by Gasteiger charge is -2.27. The Morgan fingerprint density at radius 3 is 2.36 bits per heavy atom. The van der Waals surface area contributed by atoms with Crippen LogP contribution >= 0.6 is 0 Å². The van der Waals surface area contributed by atoms with Gasteiger partial charge in [-0.2, -0.15) is 0 Å². The van der Waals surface area contributed by atoms with Crippen molar-refractivity contribution in [3.63, 3.8) is 0 Å². The number of anilines is 1. The summed E-state index contributed by atoms with van der Waals surface area (Å²) in [6, 6.07) is 22.8. The molecule has 0 saturated carbocycles. The molecule has 0 radical (unpaired) electrons. The van der Waals surface area contributed by atoms with Gasteiger partial charge >= 0.3 is 0 Å². The number of hydrogen-bond acceptors (Lipinski definition) is 3. The van der Waals surface area contributed by atoms with Crippen molar-refractivity contribution in [1.29, 1.82) is 0 Å². The molecule has 4 aromatic rings. The van der Waals surface area contributed by atoms with E-state index in [1.807, 2.05) is 55.2 Å². The SMILES string of the molecule is C=C(/C=C\C)c1ccc2c(N(Cc3ccc(-c4ccc(OC)c(C)c4)cc3)C(=O)CC(C)(C)C)nccc2c1. The fraction of sp³-hybridized carbons (Fsp3) is 0.257. The van der Waals surface area contributed by atoms with Gasteiger partial charge in [-0.05, 0) is 82.3 Å².